The number of piperidine rings is 1. The second-order valence-corrected chi connectivity index (χ2v) is 6.34. The lowest BCUT2D eigenvalue weighted by Gasteiger charge is -2.30. The van der Waals surface area contributed by atoms with Crippen LogP contribution in [0.1, 0.15) is 18.7 Å². The molecule has 17 heavy (non-hydrogen) atoms. The van der Waals surface area contributed by atoms with Gasteiger partial charge < -0.3 is 15.2 Å². The molecule has 5 nitrogen and oxygen atoms in total. The number of nitrogens with zero attached hydrogens (tertiary/aromatic N) is 3. The summed E-state index contributed by atoms with van der Waals surface area (Å²) in [6, 6.07) is 0. The molecule has 8 heteroatoms. The van der Waals surface area contributed by atoms with Crippen LogP contribution in [0.15, 0.2) is 4.52 Å². The van der Waals surface area contributed by atoms with Crippen LogP contribution in [0.2, 0.25) is 0 Å². The summed E-state index contributed by atoms with van der Waals surface area (Å²) < 4.78 is 3.25. The van der Waals surface area contributed by atoms with Gasteiger partial charge in [-0.2, -0.15) is 4.98 Å². The predicted octanol–water partition coefficient (Wildman–Crippen LogP) is 2.07. The highest BCUT2D eigenvalue weighted by Crippen LogP contribution is 2.37. The Bertz CT molecular complexity index is 371. The van der Waals surface area contributed by atoms with E-state index in [1.165, 1.54) is 0 Å². The average molecular weight is 300 g/mol. The van der Waals surface area contributed by atoms with E-state index in [1.54, 1.807) is 0 Å². The maximum Gasteiger partial charge on any atom is 0.280 e. The third-order valence-electron chi connectivity index (χ3n) is 2.89. The molecular weight excluding hydrogens is 286 g/mol. The van der Waals surface area contributed by atoms with Gasteiger partial charge >= 0.3 is 0 Å². The molecule has 1 saturated heterocycles. The van der Waals surface area contributed by atoms with Crippen molar-refractivity contribution >= 4 is 40.8 Å². The number of hydrogen-bond acceptors (Lipinski definition) is 5. The molecule has 2 heterocycles. The molecular formula is C9H13Cl3N4O. The number of halogens is 3. The highest BCUT2D eigenvalue weighted by Gasteiger charge is 2.32. The Morgan fingerprint density at radius 3 is 2.47 bits per heavy atom. The third-order valence-corrected chi connectivity index (χ3v) is 3.37. The van der Waals surface area contributed by atoms with E-state index in [1.807, 2.05) is 4.90 Å². The topological polar surface area (TPSA) is 68.2 Å². The van der Waals surface area contributed by atoms with Gasteiger partial charge in [-0.1, -0.05) is 34.8 Å². The molecule has 0 aromatic carbocycles. The highest BCUT2D eigenvalue weighted by atomic mass is 35.6. The minimum atomic E-state index is -1.67. The molecule has 1 aliphatic rings. The summed E-state index contributed by atoms with van der Waals surface area (Å²) >= 11 is 17.0. The Kier molecular flexibility index (Phi) is 4.02. The van der Waals surface area contributed by atoms with Gasteiger partial charge in [0.2, 0.25) is 0 Å². The van der Waals surface area contributed by atoms with Crippen LogP contribution < -0.4 is 10.6 Å². The maximum absolute atomic E-state index is 5.66. The van der Waals surface area contributed by atoms with Crippen molar-refractivity contribution in [1.82, 2.24) is 10.1 Å². The fraction of sp³-hybridized carbons (Fsp3) is 0.778. The lowest BCUT2D eigenvalue weighted by Crippen LogP contribution is -2.36. The van der Waals surface area contributed by atoms with Gasteiger partial charge in [0.25, 0.3) is 15.6 Å². The molecule has 0 amide bonds. The minimum absolute atomic E-state index is 0.00144. The van der Waals surface area contributed by atoms with Gasteiger partial charge in [-0.25, -0.2) is 0 Å². The van der Waals surface area contributed by atoms with Crippen molar-refractivity contribution in [3.8, 4) is 0 Å². The number of nitrogens with two attached hydrogens (primary N) is 1. The van der Waals surface area contributed by atoms with Gasteiger partial charge in [0.1, 0.15) is 0 Å². The summed E-state index contributed by atoms with van der Waals surface area (Å²) in [6.45, 7) is 2.42. The van der Waals surface area contributed by atoms with Crippen LogP contribution >= 0.6 is 34.8 Å². The first-order valence-electron chi connectivity index (χ1n) is 5.36. The zero-order valence-electron chi connectivity index (χ0n) is 9.07. The van der Waals surface area contributed by atoms with Crippen molar-refractivity contribution in [3.05, 3.63) is 5.89 Å². The molecule has 0 spiro atoms. The molecule has 1 fully saturated rings. The van der Waals surface area contributed by atoms with Crippen molar-refractivity contribution < 1.29 is 4.52 Å². The van der Waals surface area contributed by atoms with E-state index in [-0.39, 0.29) is 5.89 Å². The van der Waals surface area contributed by atoms with E-state index < -0.39 is 3.79 Å². The average Bonchev–Trinajstić information content (AvgIpc) is 2.78. The first kappa shape index (κ1) is 13.2. The molecule has 1 aromatic heterocycles. The zero-order chi connectivity index (χ0) is 12.5. The number of aromatic nitrogens is 2. The zero-order valence-corrected chi connectivity index (χ0v) is 11.3. The van der Waals surface area contributed by atoms with Gasteiger partial charge in [0.05, 0.1) is 0 Å². The van der Waals surface area contributed by atoms with Gasteiger partial charge in [0.15, 0.2) is 0 Å². The molecule has 1 aliphatic heterocycles. The maximum atomic E-state index is 5.66. The van der Waals surface area contributed by atoms with Crippen LogP contribution in [0.3, 0.4) is 0 Å². The molecule has 0 aliphatic carbocycles. The monoisotopic (exact) mass is 298 g/mol. The first-order chi connectivity index (χ1) is 8.00. The van der Waals surface area contributed by atoms with E-state index in [0.29, 0.717) is 11.9 Å². The Balaban J connectivity index is 2.02. The van der Waals surface area contributed by atoms with E-state index in [9.17, 15) is 0 Å². The van der Waals surface area contributed by atoms with Crippen LogP contribution in [-0.2, 0) is 3.79 Å². The van der Waals surface area contributed by atoms with Crippen molar-refractivity contribution in [2.75, 3.05) is 24.5 Å². The van der Waals surface area contributed by atoms with E-state index in [2.05, 4.69) is 10.1 Å². The normalized spacial score (nSPS) is 18.7. The van der Waals surface area contributed by atoms with Gasteiger partial charge in [-0.15, -0.1) is 0 Å². The molecule has 0 atom stereocenters. The largest absolute Gasteiger partial charge is 0.338 e. The lowest BCUT2D eigenvalue weighted by molar-refractivity contribution is 0.374. The van der Waals surface area contributed by atoms with Gasteiger partial charge in [0, 0.05) is 13.1 Å². The van der Waals surface area contributed by atoms with Crippen LogP contribution in [0.4, 0.5) is 5.95 Å². The minimum Gasteiger partial charge on any atom is -0.338 e. The number of hydrogen-bond donors (Lipinski definition) is 1. The van der Waals surface area contributed by atoms with Gasteiger partial charge in [-0.3, -0.25) is 0 Å². The third kappa shape index (κ3) is 3.16. The second-order valence-electron chi connectivity index (χ2n) is 4.06. The lowest BCUT2D eigenvalue weighted by atomic mass is 9.97. The molecule has 1 aromatic rings. The fourth-order valence-electron chi connectivity index (χ4n) is 1.83. The number of anilines is 1. The Hall–Kier alpha value is -0.230. The first-order valence-corrected chi connectivity index (χ1v) is 6.50. The van der Waals surface area contributed by atoms with Crippen molar-refractivity contribution in [1.29, 1.82) is 0 Å². The van der Waals surface area contributed by atoms with E-state index in [0.717, 1.165) is 32.5 Å². The Morgan fingerprint density at radius 1 is 1.35 bits per heavy atom. The van der Waals surface area contributed by atoms with Gasteiger partial charge in [-0.05, 0) is 30.5 Å². The molecule has 0 saturated carbocycles. The standard InChI is InChI=1S/C9H13Cl3N4O/c10-9(11,12)7-14-8(15-17-7)16-3-1-6(5-13)2-4-16/h6H,1-5,13H2. The smallest absolute Gasteiger partial charge is 0.280 e. The summed E-state index contributed by atoms with van der Waals surface area (Å²) in [5.74, 6) is 1.05. The summed E-state index contributed by atoms with van der Waals surface area (Å²) in [5, 5.41) is 3.81. The summed E-state index contributed by atoms with van der Waals surface area (Å²) in [5.41, 5.74) is 5.63. The summed E-state index contributed by atoms with van der Waals surface area (Å²) in [4.78, 5) is 6.09. The molecule has 2 N–H and O–H groups in total. The molecule has 0 unspecified atom stereocenters. The molecule has 0 radical (unpaired) electrons. The quantitative estimate of drug-likeness (QED) is 0.847. The highest BCUT2D eigenvalue weighted by molar-refractivity contribution is 6.66. The molecule has 0 bridgehead atoms. The number of rotatable bonds is 2. The Labute approximate surface area is 114 Å². The fourth-order valence-corrected chi connectivity index (χ4v) is 2.06. The predicted molar refractivity (Wildman–Crippen MR) is 67.5 cm³/mol. The van der Waals surface area contributed by atoms with E-state index in [4.69, 9.17) is 45.1 Å². The molecule has 96 valence electrons. The van der Waals surface area contributed by atoms with Crippen molar-refractivity contribution in [2.24, 2.45) is 11.7 Å². The van der Waals surface area contributed by atoms with Crippen molar-refractivity contribution in [3.63, 3.8) is 0 Å². The Morgan fingerprint density at radius 2 is 2.00 bits per heavy atom. The SMILES string of the molecule is NCC1CCN(c2noc(C(Cl)(Cl)Cl)n2)CC1. The van der Waals surface area contributed by atoms with Crippen LogP contribution in [0.25, 0.3) is 0 Å². The second kappa shape index (κ2) is 5.18. The molecule has 2 rings (SSSR count). The van der Waals surface area contributed by atoms with Crippen molar-refractivity contribution in [2.45, 2.75) is 16.6 Å². The van der Waals surface area contributed by atoms with Crippen LogP contribution in [0.5, 0.6) is 0 Å². The summed E-state index contributed by atoms with van der Waals surface area (Å²) in [7, 11) is 0. The van der Waals surface area contributed by atoms with E-state index >= 15 is 0 Å². The summed E-state index contributed by atoms with van der Waals surface area (Å²) in [6.07, 6.45) is 2.04. The van der Waals surface area contributed by atoms with Crippen LogP contribution in [0, 0.1) is 5.92 Å². The number of alkyl halides is 3. The van der Waals surface area contributed by atoms with Crippen LogP contribution in [-0.4, -0.2) is 29.8 Å².